The first-order valence-corrected chi connectivity index (χ1v) is 20.2. The summed E-state index contributed by atoms with van der Waals surface area (Å²) in [5.41, 5.74) is 4.85. The molecule has 14 nitrogen and oxygen atoms in total. The van der Waals surface area contributed by atoms with Gasteiger partial charge in [0.15, 0.2) is 6.10 Å². The number of carbonyl (C=O) groups excluding carboxylic acids is 4. The van der Waals surface area contributed by atoms with Crippen molar-refractivity contribution in [2.45, 2.75) is 75.9 Å². The van der Waals surface area contributed by atoms with Gasteiger partial charge >= 0.3 is 11.9 Å². The number of rotatable bonds is 12. The molecule has 0 spiro atoms. The molecule has 5 amide bonds. The molecule has 1 aliphatic heterocycles. The Morgan fingerprint density at radius 3 is 2.44 bits per heavy atom. The maximum atomic E-state index is 15.1. The molecular weight excluding hydrogens is 748 g/mol. The Morgan fingerprint density at radius 2 is 1.84 bits per heavy atom. The van der Waals surface area contributed by atoms with E-state index in [4.69, 9.17) is 26.8 Å². The van der Waals surface area contributed by atoms with Crippen molar-refractivity contribution in [3.8, 4) is 11.6 Å². The van der Waals surface area contributed by atoms with Gasteiger partial charge in [-0.25, -0.2) is 27.3 Å². The number of carbonyl (C=O) groups is 4. The Hall–Kier alpha value is -4.57. The Morgan fingerprint density at radius 1 is 1.13 bits per heavy atom. The maximum absolute atomic E-state index is 15.1. The fourth-order valence-corrected chi connectivity index (χ4v) is 9.55. The number of imide groups is 1. The highest BCUT2D eigenvalue weighted by Gasteiger charge is 2.68. The molecule has 2 saturated carbocycles. The van der Waals surface area contributed by atoms with Crippen molar-refractivity contribution >= 4 is 61.8 Å². The minimum Gasteiger partial charge on any atom is -0.494 e. The number of halogens is 1. The third kappa shape index (κ3) is 6.85. The Balaban J connectivity index is 1.41. The van der Waals surface area contributed by atoms with Crippen LogP contribution in [0.5, 0.6) is 11.6 Å². The summed E-state index contributed by atoms with van der Waals surface area (Å²) in [6, 6.07) is 8.35. The normalized spacial score (nSPS) is 26.6. The number of methoxy groups -OCH3 is 1. The van der Waals surface area contributed by atoms with Crippen molar-refractivity contribution in [2.75, 3.05) is 25.0 Å². The minimum absolute atomic E-state index is 0.0314. The number of quaternary nitrogens is 1. The molecule has 2 heterocycles. The molecule has 3 aromatic rings. The SMILES string of the molecule is C=C[C@@H]1C[C@]1(NC(=O)[N+]1(C(=O)C(N)C(C)C)C[C@H](Oc2ncc(OC)c3ccc(Cl)cc23)C(C)C1C)C(=O)N(c1cccc(C(=O)NC)c1)S(=O)(=O)C1CC1. The minimum atomic E-state index is -4.28. The lowest BCUT2D eigenvalue weighted by molar-refractivity contribution is -0.789. The summed E-state index contributed by atoms with van der Waals surface area (Å²) in [5.74, 6) is -2.68. The van der Waals surface area contributed by atoms with Gasteiger partial charge in [-0.15, -0.1) is 6.58 Å². The first kappa shape index (κ1) is 40.1. The molecule has 2 aromatic carbocycles. The molecule has 16 heteroatoms. The molecule has 294 valence electrons. The maximum Gasteiger partial charge on any atom is 0.425 e. The van der Waals surface area contributed by atoms with Crippen LogP contribution in [0.4, 0.5) is 10.5 Å². The predicted molar refractivity (Wildman–Crippen MR) is 208 cm³/mol. The number of sulfonamides is 1. The van der Waals surface area contributed by atoms with E-state index in [9.17, 15) is 22.8 Å². The van der Waals surface area contributed by atoms with Crippen LogP contribution in [0.3, 0.4) is 0 Å². The van der Waals surface area contributed by atoms with E-state index in [1.54, 1.807) is 39.0 Å². The number of benzene rings is 2. The number of likely N-dealkylation sites (tertiary alicyclic amines) is 1. The second kappa shape index (κ2) is 14.8. The molecule has 4 unspecified atom stereocenters. The fraction of sp³-hybridized carbons (Fsp3) is 0.462. The average molecular weight is 796 g/mol. The summed E-state index contributed by atoms with van der Waals surface area (Å²) in [5, 5.41) is 6.29. The van der Waals surface area contributed by atoms with E-state index in [-0.39, 0.29) is 36.0 Å². The van der Waals surface area contributed by atoms with Crippen LogP contribution < -0.4 is 30.1 Å². The van der Waals surface area contributed by atoms with Gasteiger partial charge < -0.3 is 20.5 Å². The van der Waals surface area contributed by atoms with Crippen LogP contribution in [0, 0.1) is 17.8 Å². The molecular formula is C39H48ClN6O8S+. The number of nitrogens with one attached hydrogen (secondary N) is 2. The van der Waals surface area contributed by atoms with Crippen LogP contribution in [-0.4, -0.2) is 91.3 Å². The molecule has 1 saturated heterocycles. The van der Waals surface area contributed by atoms with Crippen LogP contribution in [-0.2, 0) is 19.6 Å². The molecule has 1 aromatic heterocycles. The summed E-state index contributed by atoms with van der Waals surface area (Å²) < 4.78 is 40.0. The van der Waals surface area contributed by atoms with Crippen molar-refractivity contribution in [1.29, 1.82) is 0 Å². The quantitative estimate of drug-likeness (QED) is 0.174. The number of hydrogen-bond donors (Lipinski definition) is 3. The van der Waals surface area contributed by atoms with Crippen molar-refractivity contribution in [2.24, 2.45) is 23.5 Å². The average Bonchev–Trinajstić information content (AvgIpc) is 4.10. The summed E-state index contributed by atoms with van der Waals surface area (Å²) in [6.45, 7) is 10.9. The number of ether oxygens (including phenoxy) is 2. The number of pyridine rings is 1. The number of amides is 5. The van der Waals surface area contributed by atoms with Gasteiger partial charge in [0.2, 0.25) is 15.9 Å². The van der Waals surface area contributed by atoms with E-state index in [1.807, 2.05) is 6.92 Å². The van der Waals surface area contributed by atoms with Crippen LogP contribution >= 0.6 is 11.6 Å². The van der Waals surface area contributed by atoms with E-state index >= 15 is 4.79 Å². The Bertz CT molecular complexity index is 2180. The monoisotopic (exact) mass is 795 g/mol. The smallest absolute Gasteiger partial charge is 0.425 e. The molecule has 2 aliphatic carbocycles. The first-order valence-electron chi connectivity index (χ1n) is 18.3. The Kier molecular flexibility index (Phi) is 10.8. The third-order valence-electron chi connectivity index (χ3n) is 11.5. The van der Waals surface area contributed by atoms with Crippen LogP contribution in [0.1, 0.15) is 57.3 Å². The van der Waals surface area contributed by atoms with E-state index in [0.29, 0.717) is 38.7 Å². The van der Waals surface area contributed by atoms with Gasteiger partial charge in [-0.05, 0) is 68.5 Å². The van der Waals surface area contributed by atoms with Gasteiger partial charge in [0.25, 0.3) is 11.8 Å². The molecule has 0 radical (unpaired) electrons. The van der Waals surface area contributed by atoms with Crippen molar-refractivity contribution < 1.29 is 41.6 Å². The number of nitrogens with two attached hydrogens (primary N) is 1. The van der Waals surface area contributed by atoms with Crippen molar-refractivity contribution in [3.05, 3.63) is 71.9 Å². The number of anilines is 1. The summed E-state index contributed by atoms with van der Waals surface area (Å²) >= 11 is 6.37. The zero-order valence-electron chi connectivity index (χ0n) is 31.7. The third-order valence-corrected chi connectivity index (χ3v) is 13.9. The van der Waals surface area contributed by atoms with Gasteiger partial charge in [0, 0.05) is 34.3 Å². The van der Waals surface area contributed by atoms with Gasteiger partial charge in [0.1, 0.15) is 29.9 Å². The lowest BCUT2D eigenvalue weighted by Gasteiger charge is -2.37. The van der Waals surface area contributed by atoms with Crippen LogP contribution in [0.25, 0.3) is 10.8 Å². The van der Waals surface area contributed by atoms with E-state index in [2.05, 4.69) is 22.2 Å². The Labute approximate surface area is 326 Å². The predicted octanol–water partition coefficient (Wildman–Crippen LogP) is 4.55. The van der Waals surface area contributed by atoms with E-state index in [1.165, 1.54) is 50.7 Å². The van der Waals surface area contributed by atoms with E-state index < -0.39 is 79.1 Å². The fourth-order valence-electron chi connectivity index (χ4n) is 7.55. The van der Waals surface area contributed by atoms with Crippen LogP contribution in [0.2, 0.25) is 5.02 Å². The lowest BCUT2D eigenvalue weighted by Crippen LogP contribution is -2.70. The second-order valence-electron chi connectivity index (χ2n) is 15.1. The molecule has 3 fully saturated rings. The van der Waals surface area contributed by atoms with Crippen molar-refractivity contribution in [3.63, 3.8) is 0 Å². The highest BCUT2D eigenvalue weighted by Crippen LogP contribution is 2.49. The van der Waals surface area contributed by atoms with Gasteiger partial charge in [-0.1, -0.05) is 44.5 Å². The largest absolute Gasteiger partial charge is 0.494 e. The van der Waals surface area contributed by atoms with Gasteiger partial charge in [0.05, 0.1) is 30.2 Å². The topological polar surface area (TPSA) is 187 Å². The highest BCUT2D eigenvalue weighted by atomic mass is 35.5. The van der Waals surface area contributed by atoms with Gasteiger partial charge in [-0.3, -0.25) is 14.9 Å². The number of fused-ring (bicyclic) bond motifs is 1. The number of aromatic nitrogens is 1. The molecule has 4 N–H and O–H groups in total. The van der Waals surface area contributed by atoms with Crippen molar-refractivity contribution in [1.82, 2.24) is 15.6 Å². The summed E-state index contributed by atoms with van der Waals surface area (Å²) in [6.07, 6.45) is 3.01. The number of hydrogen-bond acceptors (Lipinski definition) is 10. The first-order chi connectivity index (χ1) is 26.0. The van der Waals surface area contributed by atoms with Gasteiger partial charge in [-0.2, -0.15) is 4.48 Å². The van der Waals surface area contributed by atoms with E-state index in [0.717, 1.165) is 0 Å². The summed E-state index contributed by atoms with van der Waals surface area (Å²) in [7, 11) is -1.31. The molecule has 7 atom stereocenters. The molecule has 0 bridgehead atoms. The molecule has 3 aliphatic rings. The zero-order chi connectivity index (χ0) is 40.2. The summed E-state index contributed by atoms with van der Waals surface area (Å²) in [4.78, 5) is 61.6. The highest BCUT2D eigenvalue weighted by molar-refractivity contribution is 7.94. The standard InChI is InChI=1S/C39H47ClN6O8S/c1-8-25-18-39(25,37(49)45(55(51,52)28-13-14-28)27-11-9-10-24(16-27)34(47)42-6)44-38(50)46(36(48)33(41)21(2)3)20-32(22(4)23(46)5)54-35-30-17-26(40)12-15-29(30)31(53-7)19-43-35/h8-12,15-17,19,21-23,25,28,32-33H,1,13-14,18,20,41H2,2-7H3,(H-,42,44,47,50)/p+1/t22?,23?,25-,32+,33?,39-,46?/m1/s1. The molecule has 55 heavy (non-hydrogen) atoms. The second-order valence-corrected chi connectivity index (χ2v) is 17.6. The number of nitrogens with zero attached hydrogens (tertiary/aromatic N) is 3. The lowest BCUT2D eigenvalue weighted by atomic mass is 9.99. The number of urea groups is 1. The van der Waals surface area contributed by atoms with Crippen LogP contribution in [0.15, 0.2) is 61.3 Å². The molecule has 6 rings (SSSR count). The zero-order valence-corrected chi connectivity index (χ0v) is 33.3.